The van der Waals surface area contributed by atoms with Crippen molar-refractivity contribution in [2.24, 2.45) is 5.84 Å². The minimum absolute atomic E-state index is 0.00171. The van der Waals surface area contributed by atoms with E-state index in [4.69, 9.17) is 5.84 Å². The van der Waals surface area contributed by atoms with E-state index >= 15 is 0 Å². The Balaban J connectivity index is 2.80. The summed E-state index contributed by atoms with van der Waals surface area (Å²) in [5, 5.41) is -0.0899. The van der Waals surface area contributed by atoms with Gasteiger partial charge in [0.15, 0.2) is 17.5 Å². The minimum Gasteiger partial charge on any atom is -0.308 e. The standard InChI is InChI=1S/C9H6F3N3/c10-5-3-6-4(8(11)9(5)12)1-2-7(14-6)15-13/h1-3H,13H2,(H,14,15). The van der Waals surface area contributed by atoms with E-state index in [0.717, 1.165) is 6.07 Å². The Hall–Kier alpha value is -1.82. The van der Waals surface area contributed by atoms with Crippen LogP contribution in [0.3, 0.4) is 0 Å². The first-order valence-corrected chi connectivity index (χ1v) is 4.04. The van der Waals surface area contributed by atoms with Crippen molar-refractivity contribution in [1.29, 1.82) is 0 Å². The van der Waals surface area contributed by atoms with Gasteiger partial charge in [-0.15, -0.1) is 0 Å². The third kappa shape index (κ3) is 1.48. The van der Waals surface area contributed by atoms with Crippen molar-refractivity contribution in [2.45, 2.75) is 0 Å². The minimum atomic E-state index is -1.50. The van der Waals surface area contributed by atoms with Gasteiger partial charge in [-0.1, -0.05) is 0 Å². The van der Waals surface area contributed by atoms with Crippen molar-refractivity contribution >= 4 is 16.7 Å². The van der Waals surface area contributed by atoms with E-state index in [2.05, 4.69) is 10.4 Å². The molecule has 0 aliphatic heterocycles. The number of nitrogens with one attached hydrogen (secondary N) is 1. The number of fused-ring (bicyclic) bond motifs is 1. The molecule has 2 rings (SSSR count). The van der Waals surface area contributed by atoms with E-state index in [1.807, 2.05) is 0 Å². The van der Waals surface area contributed by atoms with Crippen LogP contribution in [0.25, 0.3) is 10.9 Å². The lowest BCUT2D eigenvalue weighted by molar-refractivity contribution is 0.453. The van der Waals surface area contributed by atoms with E-state index in [1.54, 1.807) is 0 Å². The summed E-state index contributed by atoms with van der Waals surface area (Å²) in [5.74, 6) is 1.29. The summed E-state index contributed by atoms with van der Waals surface area (Å²) in [7, 11) is 0. The maximum Gasteiger partial charge on any atom is 0.195 e. The zero-order valence-corrected chi connectivity index (χ0v) is 7.39. The Bertz CT molecular complexity index is 527. The van der Waals surface area contributed by atoms with Crippen LogP contribution in [0.2, 0.25) is 0 Å². The van der Waals surface area contributed by atoms with Crippen LogP contribution in [0.1, 0.15) is 0 Å². The molecule has 2 aromatic rings. The first-order chi connectivity index (χ1) is 7.13. The normalized spacial score (nSPS) is 10.7. The molecule has 0 fully saturated rings. The number of halogens is 3. The quantitative estimate of drug-likeness (QED) is 0.432. The third-order valence-electron chi connectivity index (χ3n) is 1.97. The molecule has 78 valence electrons. The van der Waals surface area contributed by atoms with Crippen LogP contribution in [0.15, 0.2) is 18.2 Å². The average Bonchev–Trinajstić information content (AvgIpc) is 2.25. The molecule has 3 nitrogen and oxygen atoms in total. The molecule has 0 spiro atoms. The van der Waals surface area contributed by atoms with Gasteiger partial charge in [-0.2, -0.15) is 0 Å². The molecular formula is C9H6F3N3. The number of nitrogen functional groups attached to an aromatic ring is 1. The molecule has 6 heteroatoms. The summed E-state index contributed by atoms with van der Waals surface area (Å²) in [6.07, 6.45) is 0. The monoisotopic (exact) mass is 213 g/mol. The van der Waals surface area contributed by atoms with Gasteiger partial charge in [0.25, 0.3) is 0 Å². The summed E-state index contributed by atoms with van der Waals surface area (Å²) in [6, 6.07) is 3.45. The van der Waals surface area contributed by atoms with Gasteiger partial charge in [-0.3, -0.25) is 0 Å². The lowest BCUT2D eigenvalue weighted by Crippen LogP contribution is -2.08. The molecule has 0 bridgehead atoms. The molecule has 0 amide bonds. The van der Waals surface area contributed by atoms with E-state index in [0.29, 0.717) is 0 Å². The third-order valence-corrected chi connectivity index (χ3v) is 1.97. The molecule has 0 radical (unpaired) electrons. The van der Waals surface area contributed by atoms with Crippen LogP contribution in [-0.2, 0) is 0 Å². The average molecular weight is 213 g/mol. The number of hydrogen-bond acceptors (Lipinski definition) is 3. The number of pyridine rings is 1. The highest BCUT2D eigenvalue weighted by Crippen LogP contribution is 2.22. The van der Waals surface area contributed by atoms with Crippen LogP contribution < -0.4 is 11.3 Å². The molecule has 0 atom stereocenters. The van der Waals surface area contributed by atoms with Crippen LogP contribution in [0, 0.1) is 17.5 Å². The van der Waals surface area contributed by atoms with Gasteiger partial charge in [0.2, 0.25) is 0 Å². The Morgan fingerprint density at radius 2 is 1.87 bits per heavy atom. The van der Waals surface area contributed by atoms with Crippen molar-refractivity contribution in [3.05, 3.63) is 35.7 Å². The fraction of sp³-hybridized carbons (Fsp3) is 0. The number of hydrazine groups is 1. The maximum absolute atomic E-state index is 13.2. The molecule has 0 aliphatic carbocycles. The number of hydrogen-bond donors (Lipinski definition) is 2. The number of benzene rings is 1. The predicted octanol–water partition coefficient (Wildman–Crippen LogP) is 1.94. The molecule has 0 aliphatic rings. The summed E-state index contributed by atoms with van der Waals surface area (Å²) in [6.45, 7) is 0. The van der Waals surface area contributed by atoms with Gasteiger partial charge >= 0.3 is 0 Å². The van der Waals surface area contributed by atoms with E-state index in [9.17, 15) is 13.2 Å². The van der Waals surface area contributed by atoms with Gasteiger partial charge in [0, 0.05) is 11.5 Å². The predicted molar refractivity (Wildman–Crippen MR) is 49.4 cm³/mol. The second-order valence-electron chi connectivity index (χ2n) is 2.89. The SMILES string of the molecule is NNc1ccc2c(F)c(F)c(F)cc2n1. The maximum atomic E-state index is 13.2. The van der Waals surface area contributed by atoms with E-state index in [1.165, 1.54) is 12.1 Å². The van der Waals surface area contributed by atoms with Crippen LogP contribution in [-0.4, -0.2) is 4.98 Å². The summed E-state index contributed by atoms with van der Waals surface area (Å²) >= 11 is 0. The molecule has 15 heavy (non-hydrogen) atoms. The van der Waals surface area contributed by atoms with Gasteiger partial charge in [-0.25, -0.2) is 24.0 Å². The fourth-order valence-electron chi connectivity index (χ4n) is 1.26. The van der Waals surface area contributed by atoms with Crippen molar-refractivity contribution in [1.82, 2.24) is 4.98 Å². The van der Waals surface area contributed by atoms with E-state index < -0.39 is 17.5 Å². The number of nitrogens with zero attached hydrogens (tertiary/aromatic N) is 1. The first kappa shape index (κ1) is 9.72. The Kier molecular flexibility index (Phi) is 2.20. The van der Waals surface area contributed by atoms with Crippen molar-refractivity contribution in [3.63, 3.8) is 0 Å². The van der Waals surface area contributed by atoms with Crippen LogP contribution >= 0.6 is 0 Å². The Morgan fingerprint density at radius 1 is 1.13 bits per heavy atom. The van der Waals surface area contributed by atoms with Crippen molar-refractivity contribution in [3.8, 4) is 0 Å². The summed E-state index contributed by atoms with van der Waals surface area (Å²) in [4.78, 5) is 3.77. The number of anilines is 1. The van der Waals surface area contributed by atoms with Gasteiger partial charge in [0.1, 0.15) is 5.82 Å². The fourth-order valence-corrected chi connectivity index (χ4v) is 1.26. The van der Waals surface area contributed by atoms with Gasteiger partial charge in [0.05, 0.1) is 5.52 Å². The number of aromatic nitrogens is 1. The molecule has 1 aromatic heterocycles. The van der Waals surface area contributed by atoms with Crippen LogP contribution in [0.5, 0.6) is 0 Å². The molecule has 1 heterocycles. The van der Waals surface area contributed by atoms with Gasteiger partial charge < -0.3 is 5.43 Å². The second-order valence-corrected chi connectivity index (χ2v) is 2.89. The molecule has 0 unspecified atom stereocenters. The highest BCUT2D eigenvalue weighted by molar-refractivity contribution is 5.81. The second kappa shape index (κ2) is 3.39. The largest absolute Gasteiger partial charge is 0.308 e. The highest BCUT2D eigenvalue weighted by atomic mass is 19.2. The molecule has 1 aromatic carbocycles. The molecule has 3 N–H and O–H groups in total. The van der Waals surface area contributed by atoms with Crippen molar-refractivity contribution < 1.29 is 13.2 Å². The smallest absolute Gasteiger partial charge is 0.195 e. The van der Waals surface area contributed by atoms with Crippen molar-refractivity contribution in [2.75, 3.05) is 5.43 Å². The lowest BCUT2D eigenvalue weighted by Gasteiger charge is -2.03. The van der Waals surface area contributed by atoms with E-state index in [-0.39, 0.29) is 16.7 Å². The summed E-state index contributed by atoms with van der Waals surface area (Å²) in [5.41, 5.74) is 2.22. The zero-order chi connectivity index (χ0) is 11.0. The molecular weight excluding hydrogens is 207 g/mol. The zero-order valence-electron chi connectivity index (χ0n) is 7.39. The lowest BCUT2D eigenvalue weighted by atomic mass is 10.2. The Labute approximate surface area is 82.7 Å². The topological polar surface area (TPSA) is 50.9 Å². The Morgan fingerprint density at radius 3 is 2.53 bits per heavy atom. The van der Waals surface area contributed by atoms with Gasteiger partial charge in [-0.05, 0) is 12.1 Å². The molecule has 0 saturated heterocycles. The molecule has 0 saturated carbocycles. The first-order valence-electron chi connectivity index (χ1n) is 4.04. The summed E-state index contributed by atoms with van der Waals surface area (Å²) < 4.78 is 38.9. The van der Waals surface area contributed by atoms with Crippen LogP contribution in [0.4, 0.5) is 19.0 Å². The number of nitrogens with two attached hydrogens (primary N) is 1. The highest BCUT2D eigenvalue weighted by Gasteiger charge is 2.14. The number of rotatable bonds is 1.